The molecule has 2 heteroatoms. The Morgan fingerprint density at radius 2 is 1.93 bits per heavy atom. The van der Waals surface area contributed by atoms with Gasteiger partial charge in [0.05, 0.1) is 6.67 Å². The molecule has 0 spiro atoms. The van der Waals surface area contributed by atoms with Crippen molar-refractivity contribution < 1.29 is 0 Å². The van der Waals surface area contributed by atoms with Crippen molar-refractivity contribution in [2.75, 3.05) is 25.7 Å². The van der Waals surface area contributed by atoms with Gasteiger partial charge in [-0.25, -0.2) is 0 Å². The molecule has 1 aromatic rings. The third-order valence-electron chi connectivity index (χ3n) is 3.17. The molecule has 0 fully saturated rings. The maximum Gasteiger partial charge on any atom is 0.0676 e. The lowest BCUT2D eigenvalue weighted by Crippen LogP contribution is -2.28. The fourth-order valence-corrected chi connectivity index (χ4v) is 2.29. The van der Waals surface area contributed by atoms with Crippen LogP contribution in [0.15, 0.2) is 18.2 Å². The Hall–Kier alpha value is -1.02. The van der Waals surface area contributed by atoms with Gasteiger partial charge in [-0.2, -0.15) is 0 Å². The molecule has 2 nitrogen and oxygen atoms in total. The van der Waals surface area contributed by atoms with Crippen molar-refractivity contribution in [3.63, 3.8) is 0 Å². The van der Waals surface area contributed by atoms with Crippen LogP contribution in [0.1, 0.15) is 24.0 Å². The van der Waals surface area contributed by atoms with E-state index >= 15 is 0 Å². The molecule has 0 bridgehead atoms. The van der Waals surface area contributed by atoms with Crippen LogP contribution in [-0.2, 0) is 12.8 Å². The molecule has 2 rings (SSSR count). The Morgan fingerprint density at radius 1 is 1.20 bits per heavy atom. The third kappa shape index (κ3) is 2.32. The van der Waals surface area contributed by atoms with Crippen LogP contribution in [0.3, 0.4) is 0 Å². The second-order valence-electron chi connectivity index (χ2n) is 4.37. The molecule has 0 unspecified atom stereocenters. The summed E-state index contributed by atoms with van der Waals surface area (Å²) in [4.78, 5) is 2.24. The number of hydrogen-bond acceptors (Lipinski definition) is 2. The number of nitrogens with zero attached hydrogens (tertiary/aromatic N) is 1. The maximum atomic E-state index is 3.17. The van der Waals surface area contributed by atoms with Gasteiger partial charge in [0.1, 0.15) is 0 Å². The van der Waals surface area contributed by atoms with Gasteiger partial charge in [-0.1, -0.05) is 6.07 Å². The fourth-order valence-electron chi connectivity index (χ4n) is 2.29. The number of fused-ring (bicyclic) bond motifs is 1. The van der Waals surface area contributed by atoms with E-state index in [2.05, 4.69) is 35.5 Å². The molecule has 0 aromatic heterocycles. The first-order chi connectivity index (χ1) is 7.31. The minimum atomic E-state index is 0.902. The summed E-state index contributed by atoms with van der Waals surface area (Å²) in [5.41, 5.74) is 4.44. The number of rotatable bonds is 3. The third-order valence-corrected chi connectivity index (χ3v) is 3.17. The minimum Gasteiger partial charge on any atom is -0.362 e. The van der Waals surface area contributed by atoms with E-state index in [-0.39, 0.29) is 0 Å². The molecule has 0 saturated heterocycles. The number of aryl methyl sites for hydroxylation is 2. The van der Waals surface area contributed by atoms with Gasteiger partial charge in [-0.15, -0.1) is 0 Å². The normalized spacial score (nSPS) is 14.8. The number of hydrogen-bond donors (Lipinski definition) is 1. The highest BCUT2D eigenvalue weighted by atomic mass is 15.2. The van der Waals surface area contributed by atoms with Gasteiger partial charge in [-0.05, 0) is 56.0 Å². The highest BCUT2D eigenvalue weighted by Crippen LogP contribution is 2.25. The molecule has 1 aliphatic carbocycles. The van der Waals surface area contributed by atoms with Crippen molar-refractivity contribution in [3.05, 3.63) is 29.3 Å². The van der Waals surface area contributed by atoms with Crippen LogP contribution in [0.5, 0.6) is 0 Å². The second kappa shape index (κ2) is 4.67. The summed E-state index contributed by atoms with van der Waals surface area (Å²) >= 11 is 0. The van der Waals surface area contributed by atoms with Gasteiger partial charge in [0.25, 0.3) is 0 Å². The molecule has 1 aromatic carbocycles. The molecular weight excluding hydrogens is 184 g/mol. The summed E-state index contributed by atoms with van der Waals surface area (Å²) < 4.78 is 0. The van der Waals surface area contributed by atoms with Crippen LogP contribution in [0.25, 0.3) is 0 Å². The second-order valence-corrected chi connectivity index (χ2v) is 4.37. The summed E-state index contributed by atoms with van der Waals surface area (Å²) in [5, 5.41) is 3.17. The molecule has 1 N–H and O–H groups in total. The van der Waals surface area contributed by atoms with E-state index in [0.29, 0.717) is 0 Å². The molecule has 0 atom stereocenters. The van der Waals surface area contributed by atoms with Crippen molar-refractivity contribution in [3.8, 4) is 0 Å². The van der Waals surface area contributed by atoms with Crippen LogP contribution in [-0.4, -0.2) is 20.8 Å². The predicted octanol–water partition coefficient (Wildman–Crippen LogP) is 2.18. The monoisotopic (exact) mass is 204 g/mol. The number of nitrogens with one attached hydrogen (secondary N) is 1. The molecule has 0 saturated carbocycles. The average molecular weight is 204 g/mol. The summed E-state index contributed by atoms with van der Waals surface area (Å²) in [5.74, 6) is 0. The number of benzene rings is 1. The highest BCUT2D eigenvalue weighted by Gasteiger charge is 2.10. The standard InChI is InChI=1S/C13H20N2/c1-14-10-15(2)13-8-7-11-5-3-4-6-12(11)9-13/h7-9,14H,3-6,10H2,1-2H3. The van der Waals surface area contributed by atoms with Gasteiger partial charge >= 0.3 is 0 Å². The average Bonchev–Trinajstić information content (AvgIpc) is 2.29. The van der Waals surface area contributed by atoms with Crippen LogP contribution in [0, 0.1) is 0 Å². The van der Waals surface area contributed by atoms with Crippen molar-refractivity contribution in [2.24, 2.45) is 0 Å². The van der Waals surface area contributed by atoms with Crippen LogP contribution < -0.4 is 10.2 Å². The first-order valence-electron chi connectivity index (χ1n) is 5.79. The van der Waals surface area contributed by atoms with Gasteiger partial charge in [0.2, 0.25) is 0 Å². The zero-order valence-corrected chi connectivity index (χ0v) is 9.71. The van der Waals surface area contributed by atoms with Crippen LogP contribution >= 0.6 is 0 Å². The van der Waals surface area contributed by atoms with Crippen LogP contribution in [0.4, 0.5) is 5.69 Å². The summed E-state index contributed by atoms with van der Waals surface area (Å²) in [6.45, 7) is 0.902. The first kappa shape index (κ1) is 10.5. The van der Waals surface area contributed by atoms with Gasteiger partial charge in [-0.3, -0.25) is 0 Å². The first-order valence-corrected chi connectivity index (χ1v) is 5.79. The maximum absolute atomic E-state index is 3.17. The molecule has 1 aliphatic rings. The molecule has 15 heavy (non-hydrogen) atoms. The number of anilines is 1. The van der Waals surface area contributed by atoms with E-state index in [1.54, 1.807) is 11.1 Å². The van der Waals surface area contributed by atoms with Crippen molar-refractivity contribution >= 4 is 5.69 Å². The van der Waals surface area contributed by atoms with Crippen molar-refractivity contribution in [1.82, 2.24) is 5.32 Å². The Labute approximate surface area is 92.3 Å². The quantitative estimate of drug-likeness (QED) is 0.759. The predicted molar refractivity (Wildman–Crippen MR) is 65.4 cm³/mol. The summed E-state index contributed by atoms with van der Waals surface area (Å²) in [6, 6.07) is 6.89. The van der Waals surface area contributed by atoms with E-state index in [0.717, 1.165) is 6.67 Å². The Morgan fingerprint density at radius 3 is 2.67 bits per heavy atom. The fraction of sp³-hybridized carbons (Fsp3) is 0.538. The van der Waals surface area contributed by atoms with Crippen LogP contribution in [0.2, 0.25) is 0 Å². The molecule has 0 aliphatic heterocycles. The van der Waals surface area contributed by atoms with Gasteiger partial charge in [0.15, 0.2) is 0 Å². The molecule has 0 heterocycles. The summed E-state index contributed by atoms with van der Waals surface area (Å²) in [6.07, 6.45) is 5.24. The Balaban J connectivity index is 2.20. The Bertz CT molecular complexity index is 333. The van der Waals surface area contributed by atoms with Gasteiger partial charge in [0, 0.05) is 12.7 Å². The zero-order valence-electron chi connectivity index (χ0n) is 9.71. The Kier molecular flexibility index (Phi) is 3.27. The topological polar surface area (TPSA) is 15.3 Å². The van der Waals surface area contributed by atoms with Crippen molar-refractivity contribution in [1.29, 1.82) is 0 Å². The molecule has 0 amide bonds. The van der Waals surface area contributed by atoms with E-state index in [1.165, 1.54) is 31.4 Å². The van der Waals surface area contributed by atoms with E-state index in [4.69, 9.17) is 0 Å². The smallest absolute Gasteiger partial charge is 0.0676 e. The highest BCUT2D eigenvalue weighted by molar-refractivity contribution is 5.51. The zero-order chi connectivity index (χ0) is 10.7. The molecule has 0 radical (unpaired) electrons. The summed E-state index contributed by atoms with van der Waals surface area (Å²) in [7, 11) is 4.11. The largest absolute Gasteiger partial charge is 0.362 e. The SMILES string of the molecule is CNCN(C)c1ccc2c(c1)CCCC2. The van der Waals surface area contributed by atoms with E-state index in [9.17, 15) is 0 Å². The molecule has 82 valence electrons. The lowest BCUT2D eigenvalue weighted by Gasteiger charge is -2.22. The van der Waals surface area contributed by atoms with E-state index in [1.807, 2.05) is 7.05 Å². The molecular formula is C13H20N2. The lowest BCUT2D eigenvalue weighted by atomic mass is 9.91. The lowest BCUT2D eigenvalue weighted by molar-refractivity contribution is 0.684. The van der Waals surface area contributed by atoms with Gasteiger partial charge < -0.3 is 10.2 Å². The van der Waals surface area contributed by atoms with Crippen molar-refractivity contribution in [2.45, 2.75) is 25.7 Å². The minimum absolute atomic E-state index is 0.902. The van der Waals surface area contributed by atoms with E-state index < -0.39 is 0 Å².